The van der Waals surface area contributed by atoms with Crippen LogP contribution in [0.15, 0.2) is 0 Å². The van der Waals surface area contributed by atoms with Gasteiger partial charge in [0.2, 0.25) is 0 Å². The molecule has 144 valence electrons. The third kappa shape index (κ3) is 20.9. The van der Waals surface area contributed by atoms with Crippen molar-refractivity contribution in [3.05, 3.63) is 0 Å². The molecule has 0 fully saturated rings. The molecule has 0 aromatic carbocycles. The first kappa shape index (κ1) is 31.3. The first-order chi connectivity index (χ1) is 11.5. The maximum atomic E-state index is 11.5. The van der Waals surface area contributed by atoms with E-state index in [2.05, 4.69) is 11.7 Å². The summed E-state index contributed by atoms with van der Waals surface area (Å²) in [5, 5.41) is 8.51. The zero-order chi connectivity index (χ0) is 18.2. The smallest absolute Gasteiger partial charge is 1.00 e. The minimum atomic E-state index is -1.29. The number of hydrogen-bond donors (Lipinski definition) is 2. The standard InChI is InChI=1S/C18H33NO5.2Na.2H/c1-2-3-4-5-6-7-8-9-10-11-12-13-17(22)24-18(23)15(19)14-16(20)21;;;;/h15H,2-14,19H2,1H3,(H,20,21);;;;/q;2*+1;2*-1. The third-order valence-electron chi connectivity index (χ3n) is 3.90. The van der Waals surface area contributed by atoms with Crippen LogP contribution in [-0.4, -0.2) is 29.1 Å². The van der Waals surface area contributed by atoms with E-state index in [4.69, 9.17) is 10.8 Å². The van der Waals surface area contributed by atoms with Gasteiger partial charge in [-0.25, -0.2) is 4.79 Å². The molecule has 1 unspecified atom stereocenters. The van der Waals surface area contributed by atoms with Gasteiger partial charge in [0.05, 0.1) is 6.42 Å². The number of carbonyl (C=O) groups excluding carboxylic acids is 2. The van der Waals surface area contributed by atoms with Crippen LogP contribution in [0.4, 0.5) is 0 Å². The molecule has 0 aliphatic rings. The summed E-state index contributed by atoms with van der Waals surface area (Å²) in [6.45, 7) is 2.22. The van der Waals surface area contributed by atoms with E-state index in [0.717, 1.165) is 12.8 Å². The van der Waals surface area contributed by atoms with Crippen LogP contribution in [0.25, 0.3) is 0 Å². The van der Waals surface area contributed by atoms with Crippen LogP contribution in [0.5, 0.6) is 0 Å². The van der Waals surface area contributed by atoms with Gasteiger partial charge in [-0.2, -0.15) is 0 Å². The fourth-order valence-electron chi connectivity index (χ4n) is 2.44. The average Bonchev–Trinajstić information content (AvgIpc) is 2.51. The van der Waals surface area contributed by atoms with Gasteiger partial charge in [0, 0.05) is 6.42 Å². The minimum Gasteiger partial charge on any atom is -1.00 e. The summed E-state index contributed by atoms with van der Waals surface area (Å²) in [7, 11) is 0. The Bertz CT molecular complexity index is 391. The second kappa shape index (κ2) is 21.9. The van der Waals surface area contributed by atoms with Crippen molar-refractivity contribution in [2.75, 3.05) is 0 Å². The molecule has 0 aliphatic carbocycles. The summed E-state index contributed by atoms with van der Waals surface area (Å²) in [6.07, 6.45) is 12.6. The molecule has 0 saturated heterocycles. The predicted molar refractivity (Wildman–Crippen MR) is 94.6 cm³/mol. The molecular formula is C18H35NNa2O5. The molecule has 0 aliphatic heterocycles. The number of esters is 2. The molecule has 0 heterocycles. The first-order valence-electron chi connectivity index (χ1n) is 9.19. The monoisotopic (exact) mass is 391 g/mol. The van der Waals surface area contributed by atoms with Gasteiger partial charge in [-0.3, -0.25) is 9.59 Å². The van der Waals surface area contributed by atoms with Gasteiger partial charge in [0.1, 0.15) is 6.04 Å². The summed E-state index contributed by atoms with van der Waals surface area (Å²) >= 11 is 0. The Morgan fingerprint density at radius 2 is 1.31 bits per heavy atom. The Labute approximate surface area is 204 Å². The molecule has 0 aromatic rings. The van der Waals surface area contributed by atoms with Crippen LogP contribution in [0.2, 0.25) is 0 Å². The largest absolute Gasteiger partial charge is 1.00 e. The summed E-state index contributed by atoms with van der Waals surface area (Å²) < 4.78 is 4.54. The molecule has 0 radical (unpaired) electrons. The number of aliphatic carboxylic acids is 1. The van der Waals surface area contributed by atoms with Crippen molar-refractivity contribution in [1.29, 1.82) is 0 Å². The molecule has 0 rings (SSSR count). The summed E-state index contributed by atoms with van der Waals surface area (Å²) in [5.74, 6) is -2.79. The zero-order valence-corrected chi connectivity index (χ0v) is 20.9. The molecular weight excluding hydrogens is 356 g/mol. The Morgan fingerprint density at radius 3 is 1.73 bits per heavy atom. The predicted octanol–water partition coefficient (Wildman–Crippen LogP) is -2.21. The SMILES string of the molecule is CCCCCCCCCCCCCC(=O)OC(=O)C(N)CC(=O)O.[H-].[H-].[Na+].[Na+]. The summed E-state index contributed by atoms with van der Waals surface area (Å²) in [6, 6.07) is -1.29. The summed E-state index contributed by atoms with van der Waals surface area (Å²) in [4.78, 5) is 33.2. The van der Waals surface area contributed by atoms with Gasteiger partial charge >= 0.3 is 77.0 Å². The number of unbranched alkanes of at least 4 members (excludes halogenated alkanes) is 10. The van der Waals surface area contributed by atoms with Gasteiger partial charge in [-0.15, -0.1) is 0 Å². The number of ether oxygens (including phenoxy) is 1. The van der Waals surface area contributed by atoms with E-state index >= 15 is 0 Å². The van der Waals surface area contributed by atoms with Crippen molar-refractivity contribution in [3.8, 4) is 0 Å². The fraction of sp³-hybridized carbons (Fsp3) is 0.833. The van der Waals surface area contributed by atoms with E-state index < -0.39 is 30.4 Å². The molecule has 0 amide bonds. The fourth-order valence-corrected chi connectivity index (χ4v) is 2.44. The normalized spacial score (nSPS) is 11.0. The molecule has 6 nitrogen and oxygen atoms in total. The van der Waals surface area contributed by atoms with Crippen molar-refractivity contribution in [2.24, 2.45) is 5.73 Å². The molecule has 1 atom stereocenters. The number of carboxylic acids is 1. The van der Waals surface area contributed by atoms with Crippen molar-refractivity contribution in [3.63, 3.8) is 0 Å². The summed E-state index contributed by atoms with van der Waals surface area (Å²) in [5.41, 5.74) is 5.32. The van der Waals surface area contributed by atoms with Crippen LogP contribution in [0.1, 0.15) is 93.2 Å². The molecule has 26 heavy (non-hydrogen) atoms. The van der Waals surface area contributed by atoms with E-state index in [0.29, 0.717) is 6.42 Å². The number of nitrogens with two attached hydrogens (primary N) is 1. The van der Waals surface area contributed by atoms with E-state index in [1.54, 1.807) is 0 Å². The van der Waals surface area contributed by atoms with Crippen molar-refractivity contribution >= 4 is 17.9 Å². The average molecular weight is 391 g/mol. The van der Waals surface area contributed by atoms with E-state index in [-0.39, 0.29) is 68.4 Å². The van der Waals surface area contributed by atoms with Gasteiger partial charge in [0.25, 0.3) is 0 Å². The van der Waals surface area contributed by atoms with E-state index in [9.17, 15) is 14.4 Å². The molecule has 8 heteroatoms. The van der Waals surface area contributed by atoms with E-state index in [1.807, 2.05) is 0 Å². The third-order valence-corrected chi connectivity index (χ3v) is 3.90. The van der Waals surface area contributed by atoms with Crippen molar-refractivity contribution in [2.45, 2.75) is 96.4 Å². The maximum Gasteiger partial charge on any atom is 1.00 e. The number of carbonyl (C=O) groups is 3. The Kier molecular flexibility index (Phi) is 26.3. The Balaban J connectivity index is -0.000000441. The maximum absolute atomic E-state index is 11.5. The van der Waals surface area contributed by atoms with Crippen LogP contribution in [0, 0.1) is 0 Å². The number of hydrogen-bond acceptors (Lipinski definition) is 5. The molecule has 3 N–H and O–H groups in total. The van der Waals surface area contributed by atoms with Gasteiger partial charge in [-0.05, 0) is 6.42 Å². The molecule has 0 bridgehead atoms. The Morgan fingerprint density at radius 1 is 0.885 bits per heavy atom. The number of carboxylic acid groups (broad SMARTS) is 1. The second-order valence-electron chi connectivity index (χ2n) is 6.28. The van der Waals surface area contributed by atoms with Gasteiger partial charge in [-0.1, -0.05) is 71.1 Å². The van der Waals surface area contributed by atoms with E-state index in [1.165, 1.54) is 51.4 Å². The van der Waals surface area contributed by atoms with Gasteiger partial charge in [0.15, 0.2) is 0 Å². The Hall–Kier alpha value is 0.570. The van der Waals surface area contributed by atoms with Crippen LogP contribution in [-0.2, 0) is 19.1 Å². The molecule has 0 aromatic heterocycles. The second-order valence-corrected chi connectivity index (χ2v) is 6.28. The topological polar surface area (TPSA) is 107 Å². The van der Waals surface area contributed by atoms with Crippen molar-refractivity contribution < 1.29 is 86.2 Å². The van der Waals surface area contributed by atoms with Crippen LogP contribution < -0.4 is 64.8 Å². The van der Waals surface area contributed by atoms with Crippen molar-refractivity contribution in [1.82, 2.24) is 0 Å². The first-order valence-corrected chi connectivity index (χ1v) is 9.19. The zero-order valence-electron chi connectivity index (χ0n) is 18.9. The van der Waals surface area contributed by atoms with Gasteiger partial charge < -0.3 is 18.4 Å². The molecule has 0 spiro atoms. The van der Waals surface area contributed by atoms with Crippen LogP contribution in [0.3, 0.4) is 0 Å². The van der Waals surface area contributed by atoms with Crippen LogP contribution >= 0.6 is 0 Å². The minimum absolute atomic E-state index is 0. The molecule has 0 saturated carbocycles. The number of rotatable bonds is 15. The quantitative estimate of drug-likeness (QED) is 0.142.